The average Bonchev–Trinajstić information content (AvgIpc) is 3.37. The molecule has 2 atom stereocenters. The van der Waals surface area contributed by atoms with Crippen molar-refractivity contribution < 1.29 is 28.4 Å². The van der Waals surface area contributed by atoms with Crippen LogP contribution in [0.25, 0.3) is 0 Å². The van der Waals surface area contributed by atoms with Crippen molar-refractivity contribution >= 4 is 17.7 Å². The van der Waals surface area contributed by atoms with E-state index in [2.05, 4.69) is 10.5 Å². The van der Waals surface area contributed by atoms with Crippen LogP contribution in [-0.2, 0) is 19.9 Å². The summed E-state index contributed by atoms with van der Waals surface area (Å²) in [5.41, 5.74) is -1.02. The fraction of sp³-hybridized carbons (Fsp3) is 0.577. The lowest BCUT2D eigenvalue weighted by molar-refractivity contribution is -0.939. The molecule has 0 spiro atoms. The van der Waals surface area contributed by atoms with E-state index < -0.39 is 11.6 Å². The van der Waals surface area contributed by atoms with Crippen molar-refractivity contribution in [2.24, 2.45) is 11.8 Å². The van der Waals surface area contributed by atoms with Gasteiger partial charge in [-0.3, -0.25) is 4.79 Å². The SMILES string of the molecule is O=C(C[N+]12CCC(CC1)[C@@H](OC(=O)[C@@](O)(c1ccccc1)C1CCCCC1)C2)Nc1ccon1. The van der Waals surface area contributed by atoms with Crippen LogP contribution in [0.1, 0.15) is 50.5 Å². The number of hydrogen-bond acceptors (Lipinski definition) is 6. The third kappa shape index (κ3) is 4.49. The van der Waals surface area contributed by atoms with Crippen LogP contribution < -0.4 is 5.32 Å². The highest BCUT2D eigenvalue weighted by Gasteiger charge is 2.52. The van der Waals surface area contributed by atoms with Crippen molar-refractivity contribution in [2.75, 3.05) is 31.5 Å². The van der Waals surface area contributed by atoms with Crippen LogP contribution in [0.4, 0.5) is 5.82 Å². The van der Waals surface area contributed by atoms with Gasteiger partial charge in [0.1, 0.15) is 12.8 Å². The second kappa shape index (κ2) is 9.50. The molecule has 1 saturated carbocycles. The Morgan fingerprint density at radius 1 is 1.09 bits per heavy atom. The zero-order chi connectivity index (χ0) is 23.6. The number of carbonyl (C=O) groups excluding carboxylic acids is 2. The zero-order valence-electron chi connectivity index (χ0n) is 19.5. The Morgan fingerprint density at radius 3 is 2.50 bits per heavy atom. The van der Waals surface area contributed by atoms with E-state index in [0.717, 1.165) is 58.0 Å². The first-order valence-electron chi connectivity index (χ1n) is 12.5. The van der Waals surface area contributed by atoms with Crippen molar-refractivity contribution in [3.63, 3.8) is 0 Å². The molecule has 4 fully saturated rings. The Morgan fingerprint density at radius 2 is 1.82 bits per heavy atom. The monoisotopic (exact) mass is 468 g/mol. The fourth-order valence-corrected chi connectivity index (χ4v) is 6.30. The van der Waals surface area contributed by atoms with Gasteiger partial charge in [0, 0.05) is 30.7 Å². The van der Waals surface area contributed by atoms with Crippen LogP contribution in [-0.4, -0.2) is 58.9 Å². The molecule has 2 aromatic rings. The van der Waals surface area contributed by atoms with E-state index >= 15 is 0 Å². The molecule has 34 heavy (non-hydrogen) atoms. The van der Waals surface area contributed by atoms with Gasteiger partial charge in [0.2, 0.25) is 0 Å². The van der Waals surface area contributed by atoms with E-state index in [9.17, 15) is 14.7 Å². The molecule has 3 saturated heterocycles. The van der Waals surface area contributed by atoms with Gasteiger partial charge in [-0.05, 0) is 18.4 Å². The number of aromatic nitrogens is 1. The minimum Gasteiger partial charge on any atom is -0.454 e. The molecule has 0 unspecified atom stereocenters. The Labute approximate surface area is 199 Å². The number of esters is 1. The number of benzene rings is 1. The van der Waals surface area contributed by atoms with Crippen LogP contribution in [0.5, 0.6) is 0 Å². The Hall–Kier alpha value is -2.71. The quantitative estimate of drug-likeness (QED) is 0.478. The van der Waals surface area contributed by atoms with Crippen LogP contribution in [0.3, 0.4) is 0 Å². The zero-order valence-corrected chi connectivity index (χ0v) is 19.5. The highest BCUT2D eigenvalue weighted by Crippen LogP contribution is 2.42. The molecule has 3 aliphatic heterocycles. The predicted molar refractivity (Wildman–Crippen MR) is 124 cm³/mol. The van der Waals surface area contributed by atoms with Crippen molar-refractivity contribution in [1.82, 2.24) is 5.16 Å². The molecule has 1 aromatic heterocycles. The van der Waals surface area contributed by atoms with Gasteiger partial charge >= 0.3 is 5.97 Å². The first-order chi connectivity index (χ1) is 16.5. The number of nitrogens with zero attached hydrogens (tertiary/aromatic N) is 2. The number of hydrogen-bond donors (Lipinski definition) is 2. The topological polar surface area (TPSA) is 102 Å². The van der Waals surface area contributed by atoms with E-state index in [1.54, 1.807) is 6.07 Å². The molecule has 1 aliphatic carbocycles. The molecule has 8 nitrogen and oxygen atoms in total. The predicted octanol–water partition coefficient (Wildman–Crippen LogP) is 3.23. The molecule has 2 bridgehead atoms. The normalized spacial score (nSPS) is 28.7. The highest BCUT2D eigenvalue weighted by molar-refractivity contribution is 5.90. The lowest BCUT2D eigenvalue weighted by atomic mass is 9.73. The van der Waals surface area contributed by atoms with E-state index in [1.807, 2.05) is 30.3 Å². The third-order valence-electron chi connectivity index (χ3n) is 8.21. The molecule has 1 amide bonds. The second-order valence-corrected chi connectivity index (χ2v) is 10.3. The molecule has 1 aromatic carbocycles. The molecule has 4 heterocycles. The summed E-state index contributed by atoms with van der Waals surface area (Å²) in [5.74, 6) is -0.127. The summed E-state index contributed by atoms with van der Waals surface area (Å²) in [7, 11) is 0. The standard InChI is InChI=1S/C26H33N3O5/c30-24(27-23-13-16-33-28-23)18-29-14-11-19(12-15-29)22(17-29)34-25(31)26(32,20-7-3-1-4-8-20)21-9-5-2-6-10-21/h1,3-4,7-8,13,16,19,21-22,32H,2,5-6,9-12,14-15,17-18H2/p+1/t19?,22-,26+,29?/m0/s1. The van der Waals surface area contributed by atoms with Crippen molar-refractivity contribution in [2.45, 2.75) is 56.7 Å². The molecule has 8 heteroatoms. The van der Waals surface area contributed by atoms with E-state index in [4.69, 9.17) is 9.26 Å². The number of aliphatic hydroxyl groups is 1. The van der Waals surface area contributed by atoms with Gasteiger partial charge in [-0.1, -0.05) is 54.8 Å². The summed E-state index contributed by atoms with van der Waals surface area (Å²) in [6.07, 6.45) is 7.73. The van der Waals surface area contributed by atoms with Crippen LogP contribution in [0, 0.1) is 11.8 Å². The number of quaternary nitrogens is 1. The Balaban J connectivity index is 1.31. The van der Waals surface area contributed by atoms with E-state index in [-0.39, 0.29) is 23.8 Å². The van der Waals surface area contributed by atoms with Gasteiger partial charge in [-0.25, -0.2) is 4.79 Å². The maximum atomic E-state index is 13.7. The van der Waals surface area contributed by atoms with Gasteiger partial charge in [0.25, 0.3) is 5.91 Å². The maximum absolute atomic E-state index is 13.7. The second-order valence-electron chi connectivity index (χ2n) is 10.3. The Bertz CT molecular complexity index is 981. The summed E-state index contributed by atoms with van der Waals surface area (Å²) >= 11 is 0. The van der Waals surface area contributed by atoms with Crippen molar-refractivity contribution in [3.8, 4) is 0 Å². The Kier molecular flexibility index (Phi) is 6.44. The molecule has 4 aliphatic rings. The molecule has 182 valence electrons. The summed E-state index contributed by atoms with van der Waals surface area (Å²) in [6.45, 7) is 2.67. The first kappa shape index (κ1) is 23.1. The van der Waals surface area contributed by atoms with E-state index in [0.29, 0.717) is 29.0 Å². The number of fused-ring (bicyclic) bond motifs is 3. The number of rotatable bonds is 7. The summed E-state index contributed by atoms with van der Waals surface area (Å²) < 4.78 is 11.5. The van der Waals surface area contributed by atoms with E-state index in [1.165, 1.54) is 6.26 Å². The highest BCUT2D eigenvalue weighted by atomic mass is 16.6. The van der Waals surface area contributed by atoms with Gasteiger partial charge in [-0.2, -0.15) is 0 Å². The minimum atomic E-state index is -1.64. The maximum Gasteiger partial charge on any atom is 0.343 e. The van der Waals surface area contributed by atoms with Crippen molar-refractivity contribution in [1.29, 1.82) is 0 Å². The summed E-state index contributed by atoms with van der Waals surface area (Å²) in [5, 5.41) is 18.4. The van der Waals surface area contributed by atoms with Crippen LogP contribution >= 0.6 is 0 Å². The van der Waals surface area contributed by atoms with Gasteiger partial charge in [0.05, 0.1) is 13.1 Å². The smallest absolute Gasteiger partial charge is 0.343 e. The van der Waals surface area contributed by atoms with Crippen LogP contribution in [0.2, 0.25) is 0 Å². The summed E-state index contributed by atoms with van der Waals surface area (Å²) in [4.78, 5) is 26.4. The molecule has 6 rings (SSSR count). The lowest BCUT2D eigenvalue weighted by Crippen LogP contribution is -2.66. The fourth-order valence-electron chi connectivity index (χ4n) is 6.30. The molecule has 0 radical (unpaired) electrons. The van der Waals surface area contributed by atoms with Gasteiger partial charge in [0.15, 0.2) is 24.1 Å². The number of carbonyl (C=O) groups is 2. The van der Waals surface area contributed by atoms with Crippen LogP contribution in [0.15, 0.2) is 47.2 Å². The number of piperidine rings is 3. The number of anilines is 1. The van der Waals surface area contributed by atoms with Gasteiger partial charge in [-0.15, -0.1) is 0 Å². The van der Waals surface area contributed by atoms with Crippen molar-refractivity contribution in [3.05, 3.63) is 48.2 Å². The number of ether oxygens (including phenoxy) is 1. The average molecular weight is 469 g/mol. The third-order valence-corrected chi connectivity index (χ3v) is 8.21. The lowest BCUT2D eigenvalue weighted by Gasteiger charge is -2.52. The summed E-state index contributed by atoms with van der Waals surface area (Å²) in [6, 6.07) is 10.9. The minimum absolute atomic E-state index is 0.123. The number of amides is 1. The first-order valence-corrected chi connectivity index (χ1v) is 12.5. The largest absolute Gasteiger partial charge is 0.454 e. The van der Waals surface area contributed by atoms with Gasteiger partial charge < -0.3 is 24.2 Å². The molecular formula is C26H34N3O5+. The number of nitrogens with one attached hydrogen (secondary N) is 1. The molecule has 2 N–H and O–H groups in total. The molecular weight excluding hydrogens is 434 g/mol.